The maximum Gasteiger partial charge on any atom is 0.271 e. The summed E-state index contributed by atoms with van der Waals surface area (Å²) in [4.78, 5) is 13.8. The molecule has 0 aliphatic rings. The van der Waals surface area contributed by atoms with Gasteiger partial charge in [-0.2, -0.15) is 0 Å². The highest BCUT2D eigenvalue weighted by Gasteiger charge is 2.06. The van der Waals surface area contributed by atoms with Crippen molar-refractivity contribution in [1.82, 2.24) is 20.4 Å². The first-order chi connectivity index (χ1) is 8.63. The molecule has 100 valence electrons. The van der Waals surface area contributed by atoms with Gasteiger partial charge in [0.15, 0.2) is 11.5 Å². The molecule has 4 N–H and O–H groups in total. The van der Waals surface area contributed by atoms with E-state index in [0.717, 1.165) is 19.4 Å². The molecule has 0 fully saturated rings. The van der Waals surface area contributed by atoms with Gasteiger partial charge in [0.1, 0.15) is 0 Å². The Morgan fingerprint density at radius 1 is 1.33 bits per heavy atom. The molecule has 7 heteroatoms. The largest absolute Gasteiger partial charge is 0.351 e. The predicted molar refractivity (Wildman–Crippen MR) is 70.0 cm³/mol. The number of nitrogens with zero attached hydrogens (tertiary/aromatic N) is 3. The number of carbonyl (C=O) groups excluding carboxylic acids is 1. The van der Waals surface area contributed by atoms with E-state index in [4.69, 9.17) is 5.84 Å². The molecule has 1 aromatic rings. The molecule has 0 aliphatic heterocycles. The third kappa shape index (κ3) is 5.07. The van der Waals surface area contributed by atoms with E-state index in [0.29, 0.717) is 18.1 Å². The van der Waals surface area contributed by atoms with Crippen LogP contribution in [0.15, 0.2) is 12.1 Å². The molecule has 0 aliphatic carbocycles. The topological polar surface area (TPSA) is 96.2 Å². The fraction of sp³-hybridized carbons (Fsp3) is 0.545. The molecule has 0 atom stereocenters. The highest BCUT2D eigenvalue weighted by molar-refractivity contribution is 5.92. The smallest absolute Gasteiger partial charge is 0.271 e. The van der Waals surface area contributed by atoms with Gasteiger partial charge < -0.3 is 15.6 Å². The second-order valence-corrected chi connectivity index (χ2v) is 4.21. The van der Waals surface area contributed by atoms with Gasteiger partial charge in [-0.3, -0.25) is 4.79 Å². The average molecular weight is 252 g/mol. The van der Waals surface area contributed by atoms with E-state index in [1.165, 1.54) is 0 Å². The summed E-state index contributed by atoms with van der Waals surface area (Å²) in [6.07, 6.45) is 1.99. The van der Waals surface area contributed by atoms with Gasteiger partial charge in [0.2, 0.25) is 0 Å². The van der Waals surface area contributed by atoms with Gasteiger partial charge in [0, 0.05) is 6.54 Å². The second-order valence-electron chi connectivity index (χ2n) is 4.21. The van der Waals surface area contributed by atoms with Crippen LogP contribution >= 0.6 is 0 Å². The van der Waals surface area contributed by atoms with Gasteiger partial charge in [0.05, 0.1) is 0 Å². The summed E-state index contributed by atoms with van der Waals surface area (Å²) in [7, 11) is 4.06. The zero-order valence-electron chi connectivity index (χ0n) is 10.8. The fourth-order valence-electron chi connectivity index (χ4n) is 1.38. The number of aromatic nitrogens is 2. The number of nitrogen functional groups attached to an aromatic ring is 1. The number of nitrogens with two attached hydrogens (primary N) is 1. The average Bonchev–Trinajstić information content (AvgIpc) is 2.38. The van der Waals surface area contributed by atoms with Crippen LogP contribution < -0.4 is 16.6 Å². The van der Waals surface area contributed by atoms with Crippen molar-refractivity contribution in [2.75, 3.05) is 32.6 Å². The van der Waals surface area contributed by atoms with Crippen LogP contribution in [0.25, 0.3) is 0 Å². The lowest BCUT2D eigenvalue weighted by atomic mass is 10.3. The Morgan fingerprint density at radius 2 is 2.11 bits per heavy atom. The number of hydrogen-bond donors (Lipinski definition) is 3. The standard InChI is InChI=1S/C11H20N6O/c1-17(2)8-4-3-7-13-11(18)9-5-6-10(14-12)16-15-9/h5-6H,3-4,7-8,12H2,1-2H3,(H,13,18)(H,14,16). The van der Waals surface area contributed by atoms with Crippen molar-refractivity contribution < 1.29 is 4.79 Å². The quantitative estimate of drug-likeness (QED) is 0.354. The first-order valence-corrected chi connectivity index (χ1v) is 5.86. The monoisotopic (exact) mass is 252 g/mol. The predicted octanol–water partition coefficient (Wildman–Crippen LogP) is -0.166. The lowest BCUT2D eigenvalue weighted by molar-refractivity contribution is 0.0947. The van der Waals surface area contributed by atoms with Gasteiger partial charge in [-0.1, -0.05) is 0 Å². The van der Waals surface area contributed by atoms with Crippen molar-refractivity contribution in [3.05, 3.63) is 17.8 Å². The Kier molecular flexibility index (Phi) is 6.03. The number of anilines is 1. The molecule has 0 bridgehead atoms. The fourth-order valence-corrected chi connectivity index (χ4v) is 1.38. The number of carbonyl (C=O) groups is 1. The molecule has 0 saturated heterocycles. The molecule has 18 heavy (non-hydrogen) atoms. The SMILES string of the molecule is CN(C)CCCCNC(=O)c1ccc(NN)nn1. The molecule has 1 heterocycles. The number of amides is 1. The Labute approximate surface area is 107 Å². The summed E-state index contributed by atoms with van der Waals surface area (Å²) in [6, 6.07) is 3.19. The molecule has 0 unspecified atom stereocenters. The van der Waals surface area contributed by atoms with Crippen molar-refractivity contribution in [1.29, 1.82) is 0 Å². The van der Waals surface area contributed by atoms with E-state index >= 15 is 0 Å². The summed E-state index contributed by atoms with van der Waals surface area (Å²) < 4.78 is 0. The van der Waals surface area contributed by atoms with Crippen molar-refractivity contribution >= 4 is 11.7 Å². The molecule has 1 aromatic heterocycles. The molecule has 0 spiro atoms. The van der Waals surface area contributed by atoms with Crippen LogP contribution in [0.4, 0.5) is 5.82 Å². The summed E-state index contributed by atoms with van der Waals surface area (Å²) in [5, 5.41) is 10.3. The number of hydrogen-bond acceptors (Lipinski definition) is 6. The molecule has 7 nitrogen and oxygen atoms in total. The van der Waals surface area contributed by atoms with Gasteiger partial charge in [-0.15, -0.1) is 10.2 Å². The van der Waals surface area contributed by atoms with Crippen LogP contribution in [0.3, 0.4) is 0 Å². The summed E-state index contributed by atoms with van der Waals surface area (Å²) in [6.45, 7) is 1.66. The maximum absolute atomic E-state index is 11.7. The Hall–Kier alpha value is -1.73. The van der Waals surface area contributed by atoms with E-state index in [1.807, 2.05) is 14.1 Å². The minimum absolute atomic E-state index is 0.212. The second kappa shape index (κ2) is 7.57. The number of nitrogens with one attached hydrogen (secondary N) is 2. The van der Waals surface area contributed by atoms with E-state index in [-0.39, 0.29) is 5.91 Å². The molecule has 1 amide bonds. The van der Waals surface area contributed by atoms with Gasteiger partial charge in [0.25, 0.3) is 5.91 Å². The normalized spacial score (nSPS) is 10.4. The highest BCUT2D eigenvalue weighted by atomic mass is 16.1. The van der Waals surface area contributed by atoms with Crippen LogP contribution in [0.1, 0.15) is 23.3 Å². The molecule has 0 aromatic carbocycles. The van der Waals surface area contributed by atoms with E-state index < -0.39 is 0 Å². The third-order valence-corrected chi connectivity index (χ3v) is 2.36. The number of rotatable bonds is 7. The Balaban J connectivity index is 2.27. The zero-order chi connectivity index (χ0) is 13.4. The molecule has 0 saturated carbocycles. The number of hydrazine groups is 1. The van der Waals surface area contributed by atoms with E-state index in [9.17, 15) is 4.79 Å². The molecular weight excluding hydrogens is 232 g/mol. The first kappa shape index (κ1) is 14.3. The maximum atomic E-state index is 11.7. The van der Waals surface area contributed by atoms with Crippen LogP contribution in [0, 0.1) is 0 Å². The highest BCUT2D eigenvalue weighted by Crippen LogP contribution is 1.99. The van der Waals surface area contributed by atoms with Gasteiger partial charge >= 0.3 is 0 Å². The van der Waals surface area contributed by atoms with Crippen LogP contribution in [-0.4, -0.2) is 48.2 Å². The van der Waals surface area contributed by atoms with Crippen LogP contribution in [0.5, 0.6) is 0 Å². The minimum atomic E-state index is -0.212. The summed E-state index contributed by atoms with van der Waals surface area (Å²) in [5.41, 5.74) is 2.65. The molecule has 1 rings (SSSR count). The summed E-state index contributed by atoms with van der Waals surface area (Å²) in [5.74, 6) is 5.37. The van der Waals surface area contributed by atoms with E-state index in [2.05, 4.69) is 25.8 Å². The van der Waals surface area contributed by atoms with Gasteiger partial charge in [-0.05, 0) is 45.6 Å². The van der Waals surface area contributed by atoms with Crippen molar-refractivity contribution in [2.45, 2.75) is 12.8 Å². The minimum Gasteiger partial charge on any atom is -0.351 e. The Morgan fingerprint density at radius 3 is 2.67 bits per heavy atom. The van der Waals surface area contributed by atoms with Gasteiger partial charge in [-0.25, -0.2) is 5.84 Å². The zero-order valence-corrected chi connectivity index (χ0v) is 10.8. The lowest BCUT2D eigenvalue weighted by Crippen LogP contribution is -2.26. The Bertz CT molecular complexity index is 364. The van der Waals surface area contributed by atoms with Crippen molar-refractivity contribution in [3.8, 4) is 0 Å². The van der Waals surface area contributed by atoms with Crippen molar-refractivity contribution in [2.24, 2.45) is 5.84 Å². The third-order valence-electron chi connectivity index (χ3n) is 2.36. The molecule has 0 radical (unpaired) electrons. The molecular formula is C11H20N6O. The summed E-state index contributed by atoms with van der Waals surface area (Å²) >= 11 is 0. The van der Waals surface area contributed by atoms with E-state index in [1.54, 1.807) is 12.1 Å². The first-order valence-electron chi connectivity index (χ1n) is 5.86. The number of unbranched alkanes of at least 4 members (excludes halogenated alkanes) is 1. The van der Waals surface area contributed by atoms with Crippen LogP contribution in [-0.2, 0) is 0 Å². The lowest BCUT2D eigenvalue weighted by Gasteiger charge is -2.09. The van der Waals surface area contributed by atoms with Crippen molar-refractivity contribution in [3.63, 3.8) is 0 Å². The van der Waals surface area contributed by atoms with Crippen LogP contribution in [0.2, 0.25) is 0 Å².